The van der Waals surface area contributed by atoms with E-state index >= 15 is 0 Å². The van der Waals surface area contributed by atoms with Crippen LogP contribution in [0, 0.1) is 63.1 Å². The van der Waals surface area contributed by atoms with Crippen molar-refractivity contribution in [3.63, 3.8) is 0 Å². The first-order chi connectivity index (χ1) is 70.9. The summed E-state index contributed by atoms with van der Waals surface area (Å²) in [4.78, 5) is 103. The lowest BCUT2D eigenvalue weighted by molar-refractivity contribution is 0.000379. The number of benzene rings is 7. The number of nitrogens with zero attached hydrogens (tertiary/aromatic N) is 15. The van der Waals surface area contributed by atoms with Crippen LogP contribution in [0.4, 0.5) is 0 Å². The summed E-state index contributed by atoms with van der Waals surface area (Å²) in [5, 5.41) is 42.7. The SMILES string of the molecule is O=C1c2cccc3[nH]cc(c23)CCN1CC12CCN(CC1)CC2.O=C1c2cccc3c2c(cn3Cc2ccc(CO)cc2)CCN1CC12CCN(CC1)CC2.O=C1c2cccc3cnn(c23)CCN1CC12CCN(CC1)CC2.O=C1c2cccc3n[nH]c(c23)CCN1CC1CC2CCC1CC2.O=C1c2cccc3n[nH]c(c23)CN1CC12CCC(CC1)CC2.O=C1c2cccc3n[nH]c(c23)CN1CC1CC2CCC1CC2. The van der Waals surface area contributed by atoms with Crippen LogP contribution in [-0.2, 0) is 52.0 Å². The minimum absolute atomic E-state index is 0.0678. The van der Waals surface area contributed by atoms with Crippen LogP contribution in [-0.4, -0.2) is 259 Å². The Morgan fingerprint density at radius 2 is 0.766 bits per heavy atom. The van der Waals surface area contributed by atoms with Gasteiger partial charge in [0.2, 0.25) is 0 Å². The molecule has 13 aromatic rings. The highest BCUT2D eigenvalue weighted by Crippen LogP contribution is 2.54. The highest BCUT2D eigenvalue weighted by molar-refractivity contribution is 6.13. The fourth-order valence-corrected chi connectivity index (χ4v) is 30.8. The number of amides is 6. The Kier molecular flexibility index (Phi) is 24.5. The van der Waals surface area contributed by atoms with Crippen LogP contribution in [0.5, 0.6) is 0 Å². The Balaban J connectivity index is 0.0000000890. The number of H-pyrrole nitrogens is 4. The number of fused-ring (bicyclic) bond motifs is 18. The van der Waals surface area contributed by atoms with Crippen molar-refractivity contribution in [3.05, 3.63) is 225 Å². The lowest BCUT2D eigenvalue weighted by atomic mass is 9.60. The van der Waals surface area contributed by atoms with Gasteiger partial charge in [0.05, 0.1) is 88.1 Å². The highest BCUT2D eigenvalue weighted by Gasteiger charge is 2.49. The van der Waals surface area contributed by atoms with Gasteiger partial charge in [0, 0.05) is 151 Å². The maximum absolute atomic E-state index is 13.7. The minimum Gasteiger partial charge on any atom is -0.392 e. The van der Waals surface area contributed by atoms with Crippen molar-refractivity contribution < 1.29 is 33.9 Å². The number of hydrogen-bond acceptors (Lipinski definition) is 14. The summed E-state index contributed by atoms with van der Waals surface area (Å²) in [6, 6.07) is 44.0. The van der Waals surface area contributed by atoms with Crippen molar-refractivity contribution in [1.82, 2.24) is 94.0 Å². The van der Waals surface area contributed by atoms with Gasteiger partial charge >= 0.3 is 0 Å². The van der Waals surface area contributed by atoms with E-state index in [9.17, 15) is 33.9 Å². The van der Waals surface area contributed by atoms with Crippen molar-refractivity contribution >= 4 is 101 Å². The molecule has 9 saturated carbocycles. The zero-order chi connectivity index (χ0) is 97.4. The summed E-state index contributed by atoms with van der Waals surface area (Å²) < 4.78 is 4.28. The fraction of sp³-hybridized carbons (Fsp3) is 0.529. The smallest absolute Gasteiger partial charge is 0.256 e. The number of rotatable bonds is 15. The third kappa shape index (κ3) is 17.6. The van der Waals surface area contributed by atoms with Gasteiger partial charge < -0.3 is 58.8 Å². The van der Waals surface area contributed by atoms with E-state index in [2.05, 4.69) is 126 Å². The molecule has 26 heteroatoms. The summed E-state index contributed by atoms with van der Waals surface area (Å²) in [5.41, 5.74) is 20.5. The third-order valence-corrected chi connectivity index (χ3v) is 39.6. The van der Waals surface area contributed by atoms with E-state index in [1.54, 1.807) is 0 Å². The lowest BCUT2D eigenvalue weighted by Gasteiger charge is -2.50. The largest absolute Gasteiger partial charge is 0.392 e. The number of hydrogen-bond donors (Lipinski definition) is 5. The first kappa shape index (κ1) is 93.0. The second kappa shape index (κ2) is 38.1. The van der Waals surface area contributed by atoms with Crippen molar-refractivity contribution in [1.29, 1.82) is 0 Å². The van der Waals surface area contributed by atoms with Gasteiger partial charge in [0.25, 0.3) is 35.4 Å². The number of aromatic nitrogens is 10. The number of aromatic amines is 4. The molecule has 6 amide bonds. The van der Waals surface area contributed by atoms with Crippen molar-refractivity contribution in [2.24, 2.45) is 63.1 Å². The number of carbonyl (C=O) groups is 6. The van der Waals surface area contributed by atoms with Gasteiger partial charge in [-0.15, -0.1) is 0 Å². The molecule has 9 saturated heterocycles. The molecule has 2 unspecified atom stereocenters. The first-order valence-electron chi connectivity index (χ1n) is 55.6. The maximum Gasteiger partial charge on any atom is 0.256 e. The van der Waals surface area contributed by atoms with E-state index in [-0.39, 0.29) is 42.0 Å². The van der Waals surface area contributed by atoms with E-state index in [0.29, 0.717) is 40.7 Å². The fourth-order valence-electron chi connectivity index (χ4n) is 30.8. The van der Waals surface area contributed by atoms with Crippen molar-refractivity contribution in [2.45, 2.75) is 213 Å². The molecule has 6 aromatic heterocycles. The second-order valence-electron chi connectivity index (χ2n) is 47.7. The summed E-state index contributed by atoms with van der Waals surface area (Å²) in [7, 11) is 0. The number of carbonyl (C=O) groups excluding carboxylic acids is 6. The molecule has 2 atom stereocenters. The molecular weight excluding hydrogens is 1810 g/mol. The Hall–Kier alpha value is -11.8. The molecule has 37 rings (SSSR count). The summed E-state index contributed by atoms with van der Waals surface area (Å²) in [6.07, 6.45) is 42.1. The molecule has 12 bridgehead atoms. The van der Waals surface area contributed by atoms with E-state index in [0.717, 1.165) is 255 Å². The van der Waals surface area contributed by atoms with E-state index in [1.165, 1.54) is 236 Å². The van der Waals surface area contributed by atoms with Crippen molar-refractivity contribution in [2.75, 3.05) is 124 Å². The summed E-state index contributed by atoms with van der Waals surface area (Å²) >= 11 is 0. The van der Waals surface area contributed by atoms with Gasteiger partial charge in [-0.2, -0.15) is 20.4 Å². The average molecular weight is 1950 g/mol. The van der Waals surface area contributed by atoms with Crippen LogP contribution >= 0.6 is 0 Å². The number of aliphatic hydroxyl groups excluding tert-OH is 1. The molecule has 18 fully saturated rings. The minimum atomic E-state index is 0.0678. The highest BCUT2D eigenvalue weighted by atomic mass is 16.3. The molecule has 145 heavy (non-hydrogen) atoms. The summed E-state index contributed by atoms with van der Waals surface area (Å²) in [6.45, 7) is 22.7. The van der Waals surface area contributed by atoms with Crippen molar-refractivity contribution in [3.8, 4) is 0 Å². The Labute approximate surface area is 848 Å². The van der Waals surface area contributed by atoms with Crippen LogP contribution in [0.1, 0.15) is 262 Å². The quantitative estimate of drug-likeness (QED) is 0.0638. The molecule has 15 aliphatic heterocycles. The molecule has 0 spiro atoms. The topological polar surface area (TPSA) is 276 Å². The number of aliphatic hydroxyl groups is 1. The standard InChI is InChI=1S/C27H31N3O2.2C19H23N3O.C18H22N4O.2C18H21N3O/c31-18-21-6-4-20(5-7-21)16-30-17-22-8-12-29(19-27-9-13-28(14-10-27)15-11-27)26(32)23-2-1-3-24(30)25(22)23;23-18-15-2-1-3-16-17(15)14(12-20-16)4-8-22(18)13-19-5-9-21(10-6-19)11-7-19;23-19-15-2-1-3-16-18(15)17(21-20-16)8-9-22(19)11-14-10-12-4-6-13(14)7-5-12;23-17-15-3-1-2-14-12-19-22(16(14)15)11-10-21(17)13-18-4-7-20(8-5-18)9-6-18;22-17-13-2-1-3-14-16(13)15(20-19-14)10-21(17)11-18-7-4-12(5-8-18)6-9-18;22-18-14-2-1-3-15-17(14)16(20-19-15)10-21(18)9-13-8-11-4-6-12(13)7-5-11/h1-7,17,31H,8-16,18-19H2;1-3,12,20H,4-11,13H2;1-3,12-14H,4-11H2,(H,20,21);1-3,12H,4-11,13H2;1-3,12H,4-11H2,(H,19,20);1-3,11-13H,4-10H2,(H,19,20). The van der Waals surface area contributed by atoms with Gasteiger partial charge in [-0.25, -0.2) is 0 Å². The number of para-hydroxylation sites is 1. The zero-order valence-electron chi connectivity index (χ0n) is 84.3. The average Bonchev–Trinajstić information content (AvgIpc) is 1.66. The third-order valence-electron chi connectivity index (χ3n) is 39.6. The molecule has 9 aliphatic carbocycles. The molecule has 26 nitrogen and oxygen atoms in total. The van der Waals surface area contributed by atoms with Crippen LogP contribution in [0.3, 0.4) is 0 Å². The van der Waals surface area contributed by atoms with E-state index in [4.69, 9.17) is 0 Å². The molecule has 0 radical (unpaired) electrons. The Morgan fingerprint density at radius 1 is 0.352 bits per heavy atom. The molecular formula is C119H141N19O7. The van der Waals surface area contributed by atoms with Crippen LogP contribution in [0.15, 0.2) is 152 Å². The molecule has 754 valence electrons. The van der Waals surface area contributed by atoms with Crippen LogP contribution in [0.2, 0.25) is 0 Å². The Bertz CT molecular complexity index is 6920. The molecule has 24 aliphatic rings. The van der Waals surface area contributed by atoms with Crippen LogP contribution < -0.4 is 0 Å². The lowest BCUT2D eigenvalue weighted by Crippen LogP contribution is -2.53. The second-order valence-corrected chi connectivity index (χ2v) is 47.7. The molecule has 7 aromatic carbocycles. The Morgan fingerprint density at radius 3 is 1.30 bits per heavy atom. The predicted octanol–water partition coefficient (Wildman–Crippen LogP) is 18.5. The van der Waals surface area contributed by atoms with Gasteiger partial charge in [0.15, 0.2) is 0 Å². The number of nitrogens with one attached hydrogen (secondary N) is 4. The van der Waals surface area contributed by atoms with Gasteiger partial charge in [-0.05, 0) is 359 Å². The molecule has 21 heterocycles. The van der Waals surface area contributed by atoms with E-state index in [1.807, 2.05) is 120 Å². The maximum atomic E-state index is 13.7. The predicted molar refractivity (Wildman–Crippen MR) is 563 cm³/mol. The summed E-state index contributed by atoms with van der Waals surface area (Å²) in [5.74, 6) is 7.17. The van der Waals surface area contributed by atoms with Gasteiger partial charge in [-0.1, -0.05) is 92.4 Å². The first-order valence-corrected chi connectivity index (χ1v) is 55.6. The van der Waals surface area contributed by atoms with Crippen LogP contribution in [0.25, 0.3) is 65.4 Å². The zero-order valence-corrected chi connectivity index (χ0v) is 84.3. The normalized spacial score (nSPS) is 28.9. The van der Waals surface area contributed by atoms with E-state index < -0.39 is 0 Å². The number of piperidine rings is 9. The van der Waals surface area contributed by atoms with Gasteiger partial charge in [0.1, 0.15) is 0 Å². The van der Waals surface area contributed by atoms with Gasteiger partial charge in [-0.3, -0.25) is 48.7 Å². The monoisotopic (exact) mass is 1950 g/mol. The molecule has 5 N–H and O–H groups in total.